The molecule has 1 fully saturated rings. The van der Waals surface area contributed by atoms with E-state index in [1.165, 1.54) is 7.11 Å². The van der Waals surface area contributed by atoms with Gasteiger partial charge in [-0.25, -0.2) is 5.01 Å². The summed E-state index contributed by atoms with van der Waals surface area (Å²) in [5.41, 5.74) is 2.13. The van der Waals surface area contributed by atoms with Gasteiger partial charge in [0, 0.05) is 6.07 Å². The van der Waals surface area contributed by atoms with Crippen LogP contribution in [0.4, 0.5) is 17.1 Å². The van der Waals surface area contributed by atoms with Gasteiger partial charge in [-0.05, 0) is 49.0 Å². The van der Waals surface area contributed by atoms with E-state index in [0.717, 1.165) is 35.0 Å². The minimum atomic E-state index is -0.783. The molecule has 1 saturated heterocycles. The number of hydrogen-bond donors (Lipinski definition) is 1. The fourth-order valence-electron chi connectivity index (χ4n) is 2.76. The molecule has 11 nitrogen and oxygen atoms in total. The number of carbonyl (C=O) groups is 1. The Morgan fingerprint density at radius 2 is 1.91 bits per heavy atom. The quantitative estimate of drug-likeness (QED) is 0.256. The normalized spacial score (nSPS) is 14.6. The standard InChI is InChI=1S/C19H16N4O7S2/c1-3-30-15-7-4-11(8-16(15)29-2)9-17-18(24)21(19(31)32-17)20-13-6-5-12(22(25)26)10-14(13)23(27)28/h4-10,20H,3H2,1-2H3/b17-9+. The average Bonchev–Trinajstić information content (AvgIpc) is 3.02. The molecule has 0 bridgehead atoms. The van der Waals surface area contributed by atoms with Crippen molar-refractivity contribution in [2.24, 2.45) is 0 Å². The maximum Gasteiger partial charge on any atom is 0.300 e. The number of nitrogens with one attached hydrogen (secondary N) is 1. The monoisotopic (exact) mass is 476 g/mol. The zero-order valence-corrected chi connectivity index (χ0v) is 18.4. The summed E-state index contributed by atoms with van der Waals surface area (Å²) in [4.78, 5) is 33.9. The van der Waals surface area contributed by atoms with Gasteiger partial charge in [0.2, 0.25) is 0 Å². The molecule has 1 heterocycles. The number of hydrogen-bond acceptors (Lipinski definition) is 10. The van der Waals surface area contributed by atoms with Crippen molar-refractivity contribution in [1.29, 1.82) is 0 Å². The van der Waals surface area contributed by atoms with Crippen molar-refractivity contribution in [2.75, 3.05) is 19.1 Å². The molecule has 32 heavy (non-hydrogen) atoms. The van der Waals surface area contributed by atoms with Crippen molar-refractivity contribution in [1.82, 2.24) is 5.01 Å². The maximum atomic E-state index is 12.9. The molecule has 1 amide bonds. The number of amides is 1. The van der Waals surface area contributed by atoms with Gasteiger partial charge in [-0.15, -0.1) is 0 Å². The molecule has 1 N–H and O–H groups in total. The highest BCUT2D eigenvalue weighted by atomic mass is 32.2. The Kier molecular flexibility index (Phi) is 6.90. The van der Waals surface area contributed by atoms with Crippen LogP contribution < -0.4 is 14.9 Å². The van der Waals surface area contributed by atoms with Gasteiger partial charge in [0.25, 0.3) is 11.6 Å². The van der Waals surface area contributed by atoms with Gasteiger partial charge < -0.3 is 9.47 Å². The van der Waals surface area contributed by atoms with E-state index in [9.17, 15) is 25.0 Å². The highest BCUT2D eigenvalue weighted by molar-refractivity contribution is 8.26. The minimum Gasteiger partial charge on any atom is -0.493 e. The Morgan fingerprint density at radius 1 is 1.16 bits per heavy atom. The van der Waals surface area contributed by atoms with Crippen molar-refractivity contribution in [2.45, 2.75) is 6.92 Å². The Bertz CT molecular complexity index is 1150. The Morgan fingerprint density at radius 3 is 2.53 bits per heavy atom. The summed E-state index contributed by atoms with van der Waals surface area (Å²) < 4.78 is 10.9. The van der Waals surface area contributed by atoms with E-state index in [1.807, 2.05) is 6.92 Å². The zero-order chi connectivity index (χ0) is 23.4. The SMILES string of the molecule is CCOc1ccc(/C=C2/SC(=S)N(Nc3ccc([N+](=O)[O-])cc3[N+](=O)[O-])C2=O)cc1OC. The number of ether oxygens (including phenoxy) is 2. The number of thiocarbonyl (C=S) groups is 1. The molecule has 0 unspecified atom stereocenters. The highest BCUT2D eigenvalue weighted by Gasteiger charge is 2.34. The summed E-state index contributed by atoms with van der Waals surface area (Å²) in [5.74, 6) is 0.531. The second-order valence-corrected chi connectivity index (χ2v) is 7.86. The van der Waals surface area contributed by atoms with Crippen LogP contribution in [0.2, 0.25) is 0 Å². The first-order chi connectivity index (χ1) is 15.2. The van der Waals surface area contributed by atoms with Crippen LogP contribution in [0.15, 0.2) is 41.3 Å². The van der Waals surface area contributed by atoms with Crippen molar-refractivity contribution < 1.29 is 24.1 Å². The molecule has 0 spiro atoms. The van der Waals surface area contributed by atoms with Crippen molar-refractivity contribution in [3.8, 4) is 11.5 Å². The van der Waals surface area contributed by atoms with Gasteiger partial charge in [0.05, 0.1) is 34.5 Å². The molecule has 1 aliphatic rings. The van der Waals surface area contributed by atoms with E-state index in [2.05, 4.69) is 5.43 Å². The van der Waals surface area contributed by atoms with Crippen LogP contribution in [0.25, 0.3) is 6.08 Å². The molecule has 3 rings (SSSR count). The molecular formula is C19H16N4O7S2. The van der Waals surface area contributed by atoms with E-state index in [4.69, 9.17) is 21.7 Å². The number of rotatable bonds is 8. The summed E-state index contributed by atoms with van der Waals surface area (Å²) in [6.45, 7) is 2.32. The maximum absolute atomic E-state index is 12.9. The topological polar surface area (TPSA) is 137 Å². The third kappa shape index (κ3) is 4.78. The predicted molar refractivity (Wildman–Crippen MR) is 123 cm³/mol. The summed E-state index contributed by atoms with van der Waals surface area (Å²) in [6, 6.07) is 8.21. The van der Waals surface area contributed by atoms with Crippen LogP contribution >= 0.6 is 24.0 Å². The molecule has 0 aliphatic carbocycles. The number of non-ortho nitro benzene ring substituents is 1. The molecule has 0 atom stereocenters. The number of methoxy groups -OCH3 is 1. The summed E-state index contributed by atoms with van der Waals surface area (Å²) >= 11 is 6.23. The van der Waals surface area contributed by atoms with Gasteiger partial charge in [-0.1, -0.05) is 17.8 Å². The second-order valence-electron chi connectivity index (χ2n) is 6.19. The number of anilines is 1. The van der Waals surface area contributed by atoms with Gasteiger partial charge in [-0.3, -0.25) is 30.4 Å². The third-order valence-electron chi connectivity index (χ3n) is 4.20. The van der Waals surface area contributed by atoms with Crippen LogP contribution in [-0.2, 0) is 4.79 Å². The molecule has 1 aliphatic heterocycles. The fraction of sp³-hybridized carbons (Fsp3) is 0.158. The third-order valence-corrected chi connectivity index (χ3v) is 5.50. The van der Waals surface area contributed by atoms with E-state index < -0.39 is 27.1 Å². The highest BCUT2D eigenvalue weighted by Crippen LogP contribution is 2.36. The van der Waals surface area contributed by atoms with Gasteiger partial charge in [-0.2, -0.15) is 0 Å². The van der Waals surface area contributed by atoms with Crippen LogP contribution in [0.3, 0.4) is 0 Å². The largest absolute Gasteiger partial charge is 0.493 e. The Hall–Kier alpha value is -3.71. The molecule has 0 aromatic heterocycles. The summed E-state index contributed by atoms with van der Waals surface area (Å²) in [6.07, 6.45) is 1.60. The predicted octanol–water partition coefficient (Wildman–Crippen LogP) is 4.14. The van der Waals surface area contributed by atoms with Crippen LogP contribution in [0, 0.1) is 20.2 Å². The Labute approximate surface area is 191 Å². The zero-order valence-electron chi connectivity index (χ0n) is 16.8. The van der Waals surface area contributed by atoms with Crippen LogP contribution in [0.1, 0.15) is 12.5 Å². The smallest absolute Gasteiger partial charge is 0.300 e. The lowest BCUT2D eigenvalue weighted by atomic mass is 10.2. The lowest BCUT2D eigenvalue weighted by molar-refractivity contribution is -0.393. The molecule has 166 valence electrons. The van der Waals surface area contributed by atoms with E-state index in [0.29, 0.717) is 23.7 Å². The molecule has 0 saturated carbocycles. The van der Waals surface area contributed by atoms with Crippen LogP contribution in [-0.4, -0.2) is 38.8 Å². The molecule has 13 heteroatoms. The average molecular weight is 476 g/mol. The number of carbonyl (C=O) groups excluding carboxylic acids is 1. The fourth-order valence-corrected chi connectivity index (χ4v) is 3.94. The summed E-state index contributed by atoms with van der Waals surface area (Å²) in [7, 11) is 1.50. The van der Waals surface area contributed by atoms with Gasteiger partial charge >= 0.3 is 5.69 Å². The number of nitrogens with zero attached hydrogens (tertiary/aromatic N) is 3. The molecule has 2 aromatic rings. The first-order valence-electron chi connectivity index (χ1n) is 9.03. The lowest BCUT2D eigenvalue weighted by Gasteiger charge is -2.16. The summed E-state index contributed by atoms with van der Waals surface area (Å²) in [5, 5.41) is 23.2. The van der Waals surface area contributed by atoms with Crippen molar-refractivity contribution in [3.63, 3.8) is 0 Å². The molecule has 2 aromatic carbocycles. The first-order valence-corrected chi connectivity index (χ1v) is 10.3. The number of nitro groups is 2. The molecule has 0 radical (unpaired) electrons. The van der Waals surface area contributed by atoms with Crippen LogP contribution in [0.5, 0.6) is 11.5 Å². The second kappa shape index (κ2) is 9.62. The van der Waals surface area contributed by atoms with Gasteiger partial charge in [0.1, 0.15) is 5.69 Å². The lowest BCUT2D eigenvalue weighted by Crippen LogP contribution is -2.34. The number of thioether (sulfide) groups is 1. The van der Waals surface area contributed by atoms with Gasteiger partial charge in [0.15, 0.2) is 15.8 Å². The van der Waals surface area contributed by atoms with E-state index >= 15 is 0 Å². The minimum absolute atomic E-state index is 0.110. The number of hydrazine groups is 1. The first kappa shape index (κ1) is 23.0. The van der Waals surface area contributed by atoms with Crippen molar-refractivity contribution >= 4 is 57.3 Å². The van der Waals surface area contributed by atoms with Crippen molar-refractivity contribution in [3.05, 3.63) is 67.1 Å². The Balaban J connectivity index is 1.87. The number of benzene rings is 2. The van der Waals surface area contributed by atoms with E-state index in [-0.39, 0.29) is 14.9 Å². The number of nitro benzene ring substituents is 2. The van der Waals surface area contributed by atoms with E-state index in [1.54, 1.807) is 24.3 Å². The molecular weight excluding hydrogens is 460 g/mol.